The zero-order valence-electron chi connectivity index (χ0n) is 15.4. The Kier molecular flexibility index (Phi) is 3.95. The van der Waals surface area contributed by atoms with Crippen LogP contribution < -0.4 is 5.73 Å². The average Bonchev–Trinajstić information content (AvgIpc) is 3.23. The van der Waals surface area contributed by atoms with E-state index < -0.39 is 11.7 Å². The van der Waals surface area contributed by atoms with Crippen molar-refractivity contribution in [1.82, 2.24) is 19.4 Å². The van der Waals surface area contributed by atoms with Gasteiger partial charge in [0.2, 0.25) is 0 Å². The van der Waals surface area contributed by atoms with Crippen LogP contribution in [-0.2, 0) is 6.18 Å². The molecule has 8 heteroatoms. The number of anilines is 1. The Morgan fingerprint density at radius 3 is 2.57 bits per heavy atom. The Bertz CT molecular complexity index is 1410. The number of nitrogens with two attached hydrogens (primary N) is 1. The van der Waals surface area contributed by atoms with Crippen LogP contribution in [0.2, 0.25) is 0 Å². The van der Waals surface area contributed by atoms with E-state index in [4.69, 9.17) is 5.73 Å². The average molecular weight is 405 g/mol. The summed E-state index contributed by atoms with van der Waals surface area (Å²) in [6, 6.07) is 14.5. The molecule has 0 aliphatic heterocycles. The molecule has 2 aromatic carbocycles. The summed E-state index contributed by atoms with van der Waals surface area (Å²) in [6.45, 7) is 0. The molecule has 0 saturated heterocycles. The molecule has 148 valence electrons. The van der Waals surface area contributed by atoms with Crippen LogP contribution >= 0.6 is 0 Å². The predicted octanol–water partition coefficient (Wildman–Crippen LogP) is 5.21. The first kappa shape index (κ1) is 18.1. The molecule has 2 N–H and O–H groups in total. The van der Waals surface area contributed by atoms with Crippen molar-refractivity contribution in [2.75, 3.05) is 5.73 Å². The van der Waals surface area contributed by atoms with Crippen LogP contribution in [0.1, 0.15) is 5.56 Å². The number of pyridine rings is 1. The van der Waals surface area contributed by atoms with E-state index in [2.05, 4.69) is 15.0 Å². The lowest BCUT2D eigenvalue weighted by molar-refractivity contribution is -0.137. The highest BCUT2D eigenvalue weighted by atomic mass is 19.4. The zero-order valence-corrected chi connectivity index (χ0v) is 15.4. The molecule has 0 fully saturated rings. The second-order valence-corrected chi connectivity index (χ2v) is 6.80. The highest BCUT2D eigenvalue weighted by Crippen LogP contribution is 2.37. The molecular weight excluding hydrogens is 391 g/mol. The third kappa shape index (κ3) is 2.93. The van der Waals surface area contributed by atoms with Gasteiger partial charge in [0, 0.05) is 35.1 Å². The Hall–Kier alpha value is -3.94. The summed E-state index contributed by atoms with van der Waals surface area (Å²) in [5.74, 6) is 0.138. The minimum absolute atomic E-state index is 0.138. The number of halogens is 3. The number of imidazole rings is 1. The fourth-order valence-electron chi connectivity index (χ4n) is 3.55. The second kappa shape index (κ2) is 6.55. The van der Waals surface area contributed by atoms with E-state index in [0.717, 1.165) is 28.6 Å². The fourth-order valence-corrected chi connectivity index (χ4v) is 3.55. The molecule has 30 heavy (non-hydrogen) atoms. The molecule has 0 aliphatic rings. The molecule has 0 aliphatic carbocycles. The van der Waals surface area contributed by atoms with Gasteiger partial charge >= 0.3 is 6.18 Å². The van der Waals surface area contributed by atoms with Crippen molar-refractivity contribution in [2.24, 2.45) is 0 Å². The molecule has 3 aromatic heterocycles. The van der Waals surface area contributed by atoms with Crippen LogP contribution in [0, 0.1) is 0 Å². The van der Waals surface area contributed by atoms with Crippen molar-refractivity contribution in [3.63, 3.8) is 0 Å². The third-order valence-electron chi connectivity index (χ3n) is 4.91. The SMILES string of the molecule is Nc1nc(-c2cccc(C(F)(F)F)c2)c(-c2ccc3ncccc3c2)n2ccnc12. The highest BCUT2D eigenvalue weighted by Gasteiger charge is 2.31. The molecule has 3 heterocycles. The van der Waals surface area contributed by atoms with E-state index in [1.807, 2.05) is 30.3 Å². The summed E-state index contributed by atoms with van der Waals surface area (Å²) >= 11 is 0. The van der Waals surface area contributed by atoms with Gasteiger partial charge in [0.15, 0.2) is 11.5 Å². The number of benzene rings is 2. The van der Waals surface area contributed by atoms with E-state index in [1.54, 1.807) is 29.1 Å². The maximum atomic E-state index is 13.3. The monoisotopic (exact) mass is 405 g/mol. The van der Waals surface area contributed by atoms with Gasteiger partial charge in [-0.05, 0) is 30.3 Å². The van der Waals surface area contributed by atoms with Crippen molar-refractivity contribution < 1.29 is 13.2 Å². The molecule has 5 nitrogen and oxygen atoms in total. The van der Waals surface area contributed by atoms with E-state index in [-0.39, 0.29) is 5.82 Å². The maximum Gasteiger partial charge on any atom is 0.416 e. The Balaban J connectivity index is 1.83. The van der Waals surface area contributed by atoms with Gasteiger partial charge < -0.3 is 5.73 Å². The summed E-state index contributed by atoms with van der Waals surface area (Å²) in [6.07, 6.45) is 0.535. The normalized spacial score (nSPS) is 12.0. The third-order valence-corrected chi connectivity index (χ3v) is 4.91. The lowest BCUT2D eigenvalue weighted by Gasteiger charge is -2.15. The van der Waals surface area contributed by atoms with Gasteiger partial charge in [-0.1, -0.05) is 24.3 Å². The fraction of sp³-hybridized carbons (Fsp3) is 0.0455. The Morgan fingerprint density at radius 1 is 0.867 bits per heavy atom. The number of alkyl halides is 3. The van der Waals surface area contributed by atoms with E-state index in [1.165, 1.54) is 6.07 Å². The molecule has 0 saturated carbocycles. The smallest absolute Gasteiger partial charge is 0.381 e. The largest absolute Gasteiger partial charge is 0.416 e. The summed E-state index contributed by atoms with van der Waals surface area (Å²) < 4.78 is 41.6. The highest BCUT2D eigenvalue weighted by molar-refractivity contribution is 5.89. The number of rotatable bonds is 2. The minimum atomic E-state index is -4.46. The number of aromatic nitrogens is 4. The van der Waals surface area contributed by atoms with Gasteiger partial charge in [0.1, 0.15) is 0 Å². The molecule has 0 amide bonds. The molecule has 0 unspecified atom stereocenters. The molecule has 0 radical (unpaired) electrons. The first-order valence-electron chi connectivity index (χ1n) is 9.07. The molecule has 5 rings (SSSR count). The number of fused-ring (bicyclic) bond motifs is 2. The van der Waals surface area contributed by atoms with Crippen molar-refractivity contribution in [2.45, 2.75) is 6.18 Å². The minimum Gasteiger partial charge on any atom is -0.381 e. The van der Waals surface area contributed by atoms with Crippen LogP contribution in [0.3, 0.4) is 0 Å². The van der Waals surface area contributed by atoms with Crippen LogP contribution in [0.4, 0.5) is 19.0 Å². The number of nitrogen functional groups attached to an aromatic ring is 1. The van der Waals surface area contributed by atoms with Crippen molar-refractivity contribution in [3.8, 4) is 22.5 Å². The predicted molar refractivity (Wildman–Crippen MR) is 109 cm³/mol. The van der Waals surface area contributed by atoms with E-state index >= 15 is 0 Å². The van der Waals surface area contributed by atoms with E-state index in [0.29, 0.717) is 22.6 Å². The lowest BCUT2D eigenvalue weighted by atomic mass is 10.0. The van der Waals surface area contributed by atoms with Crippen molar-refractivity contribution >= 4 is 22.4 Å². The molecule has 5 aromatic rings. The molecule has 0 bridgehead atoms. The first-order chi connectivity index (χ1) is 14.4. The molecule has 0 spiro atoms. The topological polar surface area (TPSA) is 69.1 Å². The number of hydrogen-bond donors (Lipinski definition) is 1. The van der Waals surface area contributed by atoms with Gasteiger partial charge in [-0.15, -0.1) is 0 Å². The van der Waals surface area contributed by atoms with Gasteiger partial charge in [-0.2, -0.15) is 13.2 Å². The van der Waals surface area contributed by atoms with Gasteiger partial charge in [0.05, 0.1) is 22.5 Å². The summed E-state index contributed by atoms with van der Waals surface area (Å²) in [7, 11) is 0. The Labute approximate surface area is 168 Å². The van der Waals surface area contributed by atoms with Gasteiger partial charge in [0.25, 0.3) is 0 Å². The van der Waals surface area contributed by atoms with Crippen LogP contribution in [0.5, 0.6) is 0 Å². The molecular formula is C22H14F3N5. The zero-order chi connectivity index (χ0) is 20.9. The van der Waals surface area contributed by atoms with Crippen LogP contribution in [-0.4, -0.2) is 19.4 Å². The van der Waals surface area contributed by atoms with Crippen LogP contribution in [0.25, 0.3) is 39.1 Å². The number of nitrogens with zero attached hydrogens (tertiary/aromatic N) is 4. The quantitative estimate of drug-likeness (QED) is 0.438. The summed E-state index contributed by atoms with van der Waals surface area (Å²) in [5, 5.41) is 0.898. The standard InChI is InChI=1S/C22H14F3N5/c23-22(24,25)16-5-1-3-14(12-16)18-19(30-10-9-28-21(30)20(26)29-18)15-6-7-17-13(11-15)4-2-8-27-17/h1-12H,(H2,26,29). The Morgan fingerprint density at radius 2 is 1.73 bits per heavy atom. The second-order valence-electron chi connectivity index (χ2n) is 6.80. The van der Waals surface area contributed by atoms with Gasteiger partial charge in [-0.3, -0.25) is 9.38 Å². The van der Waals surface area contributed by atoms with Crippen LogP contribution in [0.15, 0.2) is 73.2 Å². The van der Waals surface area contributed by atoms with Crippen molar-refractivity contribution in [1.29, 1.82) is 0 Å². The number of hydrogen-bond acceptors (Lipinski definition) is 4. The lowest BCUT2D eigenvalue weighted by Crippen LogP contribution is -2.06. The first-order valence-corrected chi connectivity index (χ1v) is 9.07. The maximum absolute atomic E-state index is 13.3. The van der Waals surface area contributed by atoms with E-state index in [9.17, 15) is 13.2 Å². The van der Waals surface area contributed by atoms with Crippen molar-refractivity contribution in [3.05, 3.63) is 78.8 Å². The summed E-state index contributed by atoms with van der Waals surface area (Å²) in [5.41, 5.74) is 8.59. The van der Waals surface area contributed by atoms with Gasteiger partial charge in [-0.25, -0.2) is 9.97 Å². The molecule has 0 atom stereocenters. The summed E-state index contributed by atoms with van der Waals surface area (Å²) in [4.78, 5) is 13.0.